The maximum absolute atomic E-state index is 11.6. The Bertz CT molecular complexity index is 326. The van der Waals surface area contributed by atoms with Crippen LogP contribution in [0.1, 0.15) is 59.3 Å². The summed E-state index contributed by atoms with van der Waals surface area (Å²) < 4.78 is 0. The number of carbonyl (C=O) groups is 1. The zero-order valence-electron chi connectivity index (χ0n) is 12.0. The first kappa shape index (κ1) is 13.9. The number of rotatable bonds is 4. The monoisotopic (exact) mass is 253 g/mol. The van der Waals surface area contributed by atoms with E-state index >= 15 is 0 Å². The molecule has 2 atom stereocenters. The maximum Gasteiger partial charge on any atom is 0.310 e. The predicted octanol–water partition coefficient (Wildman–Crippen LogP) is 3.14. The molecule has 1 N–H and O–H groups in total. The lowest BCUT2D eigenvalue weighted by Crippen LogP contribution is -2.43. The zero-order valence-corrected chi connectivity index (χ0v) is 12.0. The summed E-state index contributed by atoms with van der Waals surface area (Å²) >= 11 is 0. The molecule has 1 aliphatic heterocycles. The van der Waals surface area contributed by atoms with Crippen LogP contribution in [0.5, 0.6) is 0 Å². The molecule has 1 aliphatic carbocycles. The molecule has 1 saturated heterocycles. The Hall–Kier alpha value is -0.570. The van der Waals surface area contributed by atoms with Crippen molar-refractivity contribution in [3.05, 3.63) is 0 Å². The van der Waals surface area contributed by atoms with Gasteiger partial charge in [0.2, 0.25) is 0 Å². The number of aliphatic carboxylic acids is 1. The van der Waals surface area contributed by atoms with Crippen LogP contribution in [0, 0.1) is 10.8 Å². The molecule has 104 valence electrons. The Morgan fingerprint density at radius 3 is 2.61 bits per heavy atom. The molecular formula is C15H27NO2. The Morgan fingerprint density at radius 2 is 2.11 bits per heavy atom. The van der Waals surface area contributed by atoms with E-state index in [9.17, 15) is 9.90 Å². The fourth-order valence-electron chi connectivity index (χ4n) is 4.12. The molecule has 3 heteroatoms. The van der Waals surface area contributed by atoms with Gasteiger partial charge in [0, 0.05) is 12.6 Å². The number of likely N-dealkylation sites (tertiary alicyclic amines) is 1. The molecule has 3 nitrogen and oxygen atoms in total. The summed E-state index contributed by atoms with van der Waals surface area (Å²) in [4.78, 5) is 14.1. The fourth-order valence-corrected chi connectivity index (χ4v) is 4.12. The summed E-state index contributed by atoms with van der Waals surface area (Å²) in [7, 11) is 0. The van der Waals surface area contributed by atoms with Crippen LogP contribution in [0.15, 0.2) is 0 Å². The highest BCUT2D eigenvalue weighted by atomic mass is 16.4. The highest BCUT2D eigenvalue weighted by Gasteiger charge is 2.49. The third-order valence-corrected chi connectivity index (χ3v) is 5.21. The van der Waals surface area contributed by atoms with E-state index in [1.807, 2.05) is 0 Å². The molecule has 2 rings (SSSR count). The highest BCUT2D eigenvalue weighted by molar-refractivity contribution is 5.75. The summed E-state index contributed by atoms with van der Waals surface area (Å²) in [6.07, 6.45) is 6.45. The van der Waals surface area contributed by atoms with Gasteiger partial charge in [-0.3, -0.25) is 9.69 Å². The van der Waals surface area contributed by atoms with E-state index in [1.165, 1.54) is 19.3 Å². The van der Waals surface area contributed by atoms with Gasteiger partial charge in [0.15, 0.2) is 0 Å². The molecule has 2 fully saturated rings. The lowest BCUT2D eigenvalue weighted by atomic mass is 9.82. The molecule has 0 amide bonds. The van der Waals surface area contributed by atoms with Crippen molar-refractivity contribution in [1.29, 1.82) is 0 Å². The molecule has 1 saturated carbocycles. The molecule has 0 aromatic heterocycles. The minimum Gasteiger partial charge on any atom is -0.481 e. The fraction of sp³-hybridized carbons (Fsp3) is 0.933. The van der Waals surface area contributed by atoms with Crippen molar-refractivity contribution in [2.75, 3.05) is 13.1 Å². The average Bonchev–Trinajstić information content (AvgIpc) is 2.83. The van der Waals surface area contributed by atoms with Crippen molar-refractivity contribution in [2.24, 2.45) is 10.8 Å². The van der Waals surface area contributed by atoms with Gasteiger partial charge in [-0.2, -0.15) is 0 Å². The first-order valence-electron chi connectivity index (χ1n) is 7.39. The van der Waals surface area contributed by atoms with Gasteiger partial charge in [-0.25, -0.2) is 0 Å². The van der Waals surface area contributed by atoms with Crippen LogP contribution in [-0.2, 0) is 4.79 Å². The standard InChI is InChI=1S/C15H27NO2/c1-4-7-15(13(17)18)9-10-16(11-15)12-6-5-8-14(12,2)3/h12H,4-11H2,1-3H3,(H,17,18). The van der Waals surface area contributed by atoms with E-state index < -0.39 is 11.4 Å². The Kier molecular flexibility index (Phi) is 3.72. The molecule has 18 heavy (non-hydrogen) atoms. The van der Waals surface area contributed by atoms with E-state index in [4.69, 9.17) is 0 Å². The minimum absolute atomic E-state index is 0.362. The molecule has 0 aromatic carbocycles. The van der Waals surface area contributed by atoms with Crippen molar-refractivity contribution in [3.63, 3.8) is 0 Å². The van der Waals surface area contributed by atoms with Crippen LogP contribution < -0.4 is 0 Å². The topological polar surface area (TPSA) is 40.5 Å². The van der Waals surface area contributed by atoms with Gasteiger partial charge < -0.3 is 5.11 Å². The molecule has 1 heterocycles. The lowest BCUT2D eigenvalue weighted by Gasteiger charge is -2.36. The second-order valence-electron chi connectivity index (χ2n) is 6.95. The van der Waals surface area contributed by atoms with Crippen LogP contribution in [0.4, 0.5) is 0 Å². The summed E-state index contributed by atoms with van der Waals surface area (Å²) in [5.74, 6) is -0.581. The molecule has 0 bridgehead atoms. The van der Waals surface area contributed by atoms with Gasteiger partial charge in [-0.15, -0.1) is 0 Å². The highest BCUT2D eigenvalue weighted by Crippen LogP contribution is 2.45. The van der Waals surface area contributed by atoms with E-state index in [-0.39, 0.29) is 0 Å². The van der Waals surface area contributed by atoms with Crippen molar-refractivity contribution in [3.8, 4) is 0 Å². The average molecular weight is 253 g/mol. The number of carboxylic acids is 1. The van der Waals surface area contributed by atoms with E-state index in [0.29, 0.717) is 11.5 Å². The summed E-state index contributed by atoms with van der Waals surface area (Å²) in [5.41, 5.74) is -0.103. The van der Waals surface area contributed by atoms with Crippen LogP contribution >= 0.6 is 0 Å². The summed E-state index contributed by atoms with van der Waals surface area (Å²) in [6, 6.07) is 0.593. The number of hydrogen-bond acceptors (Lipinski definition) is 2. The second kappa shape index (κ2) is 4.84. The first-order valence-corrected chi connectivity index (χ1v) is 7.39. The third kappa shape index (κ3) is 2.29. The largest absolute Gasteiger partial charge is 0.481 e. The van der Waals surface area contributed by atoms with Crippen LogP contribution in [0.2, 0.25) is 0 Å². The molecular weight excluding hydrogens is 226 g/mol. The maximum atomic E-state index is 11.6. The Labute approximate surface area is 111 Å². The van der Waals surface area contributed by atoms with Gasteiger partial charge >= 0.3 is 5.97 Å². The minimum atomic E-state index is -0.581. The SMILES string of the molecule is CCCC1(C(=O)O)CCN(C2CCCC2(C)C)C1. The number of carboxylic acid groups (broad SMARTS) is 1. The molecule has 2 unspecified atom stereocenters. The van der Waals surface area contributed by atoms with Gasteiger partial charge in [0.1, 0.15) is 0 Å². The molecule has 0 radical (unpaired) electrons. The summed E-state index contributed by atoms with van der Waals surface area (Å²) in [5, 5.41) is 9.56. The lowest BCUT2D eigenvalue weighted by molar-refractivity contribution is -0.148. The van der Waals surface area contributed by atoms with Crippen molar-refractivity contribution < 1.29 is 9.90 Å². The third-order valence-electron chi connectivity index (χ3n) is 5.21. The summed E-state index contributed by atoms with van der Waals surface area (Å²) in [6.45, 7) is 8.51. The zero-order chi connectivity index (χ0) is 13.4. The van der Waals surface area contributed by atoms with Gasteiger partial charge in [-0.1, -0.05) is 33.6 Å². The van der Waals surface area contributed by atoms with Crippen LogP contribution in [0.25, 0.3) is 0 Å². The predicted molar refractivity (Wildman–Crippen MR) is 72.6 cm³/mol. The smallest absolute Gasteiger partial charge is 0.310 e. The Balaban J connectivity index is 2.09. The van der Waals surface area contributed by atoms with E-state index in [1.54, 1.807) is 0 Å². The molecule has 0 spiro atoms. The van der Waals surface area contributed by atoms with Gasteiger partial charge in [0.25, 0.3) is 0 Å². The normalized spacial score (nSPS) is 36.1. The Morgan fingerprint density at radius 1 is 1.39 bits per heavy atom. The quantitative estimate of drug-likeness (QED) is 0.836. The van der Waals surface area contributed by atoms with E-state index in [2.05, 4.69) is 25.7 Å². The number of nitrogens with zero attached hydrogens (tertiary/aromatic N) is 1. The second-order valence-corrected chi connectivity index (χ2v) is 6.95. The van der Waals surface area contributed by atoms with Crippen LogP contribution in [0.3, 0.4) is 0 Å². The van der Waals surface area contributed by atoms with Crippen LogP contribution in [-0.4, -0.2) is 35.1 Å². The first-order chi connectivity index (χ1) is 8.41. The van der Waals surface area contributed by atoms with Gasteiger partial charge in [0.05, 0.1) is 5.41 Å². The molecule has 2 aliphatic rings. The van der Waals surface area contributed by atoms with Crippen molar-refractivity contribution >= 4 is 5.97 Å². The van der Waals surface area contributed by atoms with E-state index in [0.717, 1.165) is 32.4 Å². The van der Waals surface area contributed by atoms with Gasteiger partial charge in [-0.05, 0) is 37.6 Å². The number of hydrogen-bond donors (Lipinski definition) is 1. The molecule has 0 aromatic rings. The van der Waals surface area contributed by atoms with Crippen molar-refractivity contribution in [2.45, 2.75) is 65.3 Å². The van der Waals surface area contributed by atoms with Crippen molar-refractivity contribution in [1.82, 2.24) is 4.90 Å².